The van der Waals surface area contributed by atoms with E-state index in [1.54, 1.807) is 0 Å². The van der Waals surface area contributed by atoms with Crippen LogP contribution in [0, 0.1) is 0 Å². The first-order chi connectivity index (χ1) is 74.5. The van der Waals surface area contributed by atoms with Crippen LogP contribution in [0.25, 0.3) is 260 Å². The summed E-state index contributed by atoms with van der Waals surface area (Å²) in [7, 11) is 0. The van der Waals surface area contributed by atoms with Crippen molar-refractivity contribution in [1.29, 1.82) is 0 Å². The van der Waals surface area contributed by atoms with Crippen LogP contribution in [0.1, 0.15) is 87.3 Å². The summed E-state index contributed by atoms with van der Waals surface area (Å²) in [4.78, 5) is 45.3. The third-order valence-corrected chi connectivity index (χ3v) is 30.7. The van der Waals surface area contributed by atoms with E-state index in [2.05, 4.69) is 335 Å². The molecule has 28 aromatic rings. The monoisotopic (exact) mass is 1850 g/mol. The van der Waals surface area contributed by atoms with Crippen molar-refractivity contribution >= 4 is 162 Å². The Kier molecular flexibility index (Phi) is 16.0. The van der Waals surface area contributed by atoms with E-state index in [1.165, 1.54) is 125 Å². The van der Waals surface area contributed by atoms with Gasteiger partial charge in [0.25, 0.3) is 0 Å². The molecule has 0 radical (unpaired) electrons. The van der Waals surface area contributed by atoms with Crippen LogP contribution >= 0.6 is 0 Å². The van der Waals surface area contributed by atoms with Gasteiger partial charge in [-0.05, 0) is 178 Å². The lowest BCUT2D eigenvalue weighted by Gasteiger charge is -2.22. The Morgan fingerprint density at radius 2 is 0.389 bits per heavy atom. The molecule has 0 bridgehead atoms. The molecule has 3 aliphatic carbocycles. The number of rotatable bonds is 10. The van der Waals surface area contributed by atoms with E-state index in [4.69, 9.17) is 52.2 Å². The summed E-state index contributed by atoms with van der Waals surface area (Å²) >= 11 is 0. The van der Waals surface area contributed by atoms with E-state index in [1.807, 2.05) is 89.5 Å². The van der Waals surface area contributed by atoms with Gasteiger partial charge < -0.3 is 0 Å². The Morgan fingerprint density at radius 1 is 0.160 bits per heavy atom. The molecule has 0 fully saturated rings. The first-order valence-electron chi connectivity index (χ1n) is 53.3. The minimum absolute atomic E-state index is 0.0301. The molecule has 12 heteroatoms. The van der Waals surface area contributed by atoms with Crippen molar-refractivity contribution < 1.29 is 12.3 Å². The van der Waals surface area contributed by atoms with Crippen molar-refractivity contribution in [2.24, 2.45) is 0 Å². The maximum atomic E-state index is 8.81. The fourth-order valence-electron chi connectivity index (χ4n) is 24.2. The van der Waals surface area contributed by atoms with Crippen molar-refractivity contribution in [3.8, 4) is 97.3 Å². The third-order valence-electron chi connectivity index (χ3n) is 30.7. The molecular weight excluding hydrogens is 1750 g/mol. The molecule has 676 valence electrons. The highest BCUT2D eigenvalue weighted by molar-refractivity contribution is 6.39. The Labute approximate surface area is 840 Å². The van der Waals surface area contributed by atoms with Crippen LogP contribution in [0.3, 0.4) is 0 Å². The van der Waals surface area contributed by atoms with E-state index < -0.39 is 42.3 Å². The first kappa shape index (κ1) is 73.8. The Balaban J connectivity index is 0.000000107. The summed E-state index contributed by atoms with van der Waals surface area (Å²) in [6.07, 6.45) is 0. The Bertz CT molecular complexity index is 10900. The van der Waals surface area contributed by atoms with Crippen LogP contribution in [0.5, 0.6) is 0 Å². The molecule has 22 aromatic carbocycles. The minimum Gasteiger partial charge on any atom is -0.278 e. The highest BCUT2D eigenvalue weighted by atomic mass is 15.2. The van der Waals surface area contributed by atoms with Crippen LogP contribution in [-0.2, 0) is 16.2 Å². The average Bonchev–Trinajstić information content (AvgIpc) is 1.52. The van der Waals surface area contributed by atoms with E-state index in [-0.39, 0.29) is 57.1 Å². The molecule has 31 rings (SSSR count). The number of nitrogens with zero attached hydrogens (tertiary/aromatic N) is 12. The van der Waals surface area contributed by atoms with Crippen LogP contribution in [-0.4, -0.2) is 58.6 Å². The summed E-state index contributed by atoms with van der Waals surface area (Å²) in [5.41, 5.74) is 18.8. The second-order valence-electron chi connectivity index (χ2n) is 39.4. The zero-order valence-electron chi connectivity index (χ0n) is 88.1. The van der Waals surface area contributed by atoms with Gasteiger partial charge in [-0.3, -0.25) is 13.7 Å². The van der Waals surface area contributed by atoms with Crippen molar-refractivity contribution in [2.45, 2.75) is 57.8 Å². The number of benzene rings is 19. The molecule has 144 heavy (non-hydrogen) atoms. The standard InChI is InChI=1S/C48H32N4.2C42H28N4/c1-48(2)37-21-11-19-35-33-17-9-10-18-34(33)36-20-12-22-39-42(36)44-40(28-27-38(48)43(44)41(35)37)52(39)47-50-45(31-15-7-4-8-16-31)49-46(51-47)32-25-23-30(24-26-32)29-13-5-3-6-14-29;2*1-42(2)31-21-11-19-29-27-17-9-10-18-28(27)30-20-12-22-33-36(30)38-34(24-23-32(42)37(38)35(29)31)46(33)41-44-39(25-13-5-3-6-14-25)43-40(45-41)26-15-7-4-8-16-26/h3-28H,1-2H3;2*3-24H,1-2H3/i;3D,4D,5D,6D,7D,13D,14D,15D,16D;. The van der Waals surface area contributed by atoms with Crippen molar-refractivity contribution in [1.82, 2.24) is 58.6 Å². The average molecular weight is 1850 g/mol. The fourth-order valence-corrected chi connectivity index (χ4v) is 24.2. The van der Waals surface area contributed by atoms with Crippen LogP contribution < -0.4 is 0 Å². The van der Waals surface area contributed by atoms with Gasteiger partial charge in [-0.15, -0.1) is 0 Å². The van der Waals surface area contributed by atoms with Crippen molar-refractivity contribution in [2.75, 3.05) is 0 Å². The van der Waals surface area contributed by atoms with E-state index in [0.29, 0.717) is 35.2 Å². The third kappa shape index (κ3) is 12.1. The summed E-state index contributed by atoms with van der Waals surface area (Å²) in [6, 6.07) is 126. The van der Waals surface area contributed by atoms with Crippen LogP contribution in [0.4, 0.5) is 0 Å². The molecule has 6 heterocycles. The zero-order chi connectivity index (χ0) is 104. The van der Waals surface area contributed by atoms with E-state index in [0.717, 1.165) is 110 Å². The molecule has 0 aliphatic heterocycles. The van der Waals surface area contributed by atoms with Gasteiger partial charge in [0, 0.05) is 81.9 Å². The smallest absolute Gasteiger partial charge is 0.238 e. The second kappa shape index (κ2) is 31.3. The van der Waals surface area contributed by atoms with Crippen molar-refractivity contribution in [3.63, 3.8) is 0 Å². The molecule has 0 N–H and O–H groups in total. The predicted molar refractivity (Wildman–Crippen MR) is 594 cm³/mol. The maximum Gasteiger partial charge on any atom is 0.238 e. The normalized spacial score (nSPS) is 14.4. The molecule has 6 aromatic heterocycles. The molecule has 0 unspecified atom stereocenters. The topological polar surface area (TPSA) is 131 Å². The quantitative estimate of drug-likeness (QED) is 0.131. The van der Waals surface area contributed by atoms with Crippen molar-refractivity contribution in [3.05, 3.63) is 458 Å². The highest BCUT2D eigenvalue weighted by Crippen LogP contribution is 2.58. The Morgan fingerprint density at radius 3 is 0.708 bits per heavy atom. The molecule has 3 aliphatic rings. The summed E-state index contributed by atoms with van der Waals surface area (Å²) in [5.74, 6) is 3.37. The van der Waals surface area contributed by atoms with E-state index >= 15 is 0 Å². The van der Waals surface area contributed by atoms with Gasteiger partial charge in [-0.1, -0.05) is 430 Å². The van der Waals surface area contributed by atoms with Gasteiger partial charge in [0.2, 0.25) is 17.8 Å². The number of fused-ring (bicyclic) bond motifs is 9. The lowest BCUT2D eigenvalue weighted by Crippen LogP contribution is -2.15. The summed E-state index contributed by atoms with van der Waals surface area (Å²) < 4.78 is 83.2. The molecule has 0 spiro atoms. The lowest BCUT2D eigenvalue weighted by molar-refractivity contribution is 0.663. The molecular formula is C132H88N12. The van der Waals surface area contributed by atoms with Gasteiger partial charge in [-0.2, -0.15) is 29.9 Å². The second-order valence-corrected chi connectivity index (χ2v) is 39.4. The SMILES string of the molecule is CC1(C)c2cccc3c4ccccc4c4cccc5c4c4c(c1ccc4n5-c1nc(-c4ccccc4)nc(-c4ccc(-c5ccccc5)cc4)n1)c23.CC1(C)c2cccc3c4ccccc4c4cccc5c4c4c(c1ccc4n5-c1nc(-c4ccccc4)nc(-c4ccccc4)n1)c23.[2H]c1cc([2H])c(-c2nc(-c3c([2H])c([2H])c([2H])c([2H])c3[2H])nc(-n3c4cccc5c6ccccc6c6cccc7c6c6c(ccc3c6c54)C7(C)C)n2)c([2H])c1[2H]. The van der Waals surface area contributed by atoms with Crippen LogP contribution in [0.15, 0.2) is 424 Å². The molecule has 0 saturated heterocycles. The van der Waals surface area contributed by atoms with Gasteiger partial charge in [-0.25, -0.2) is 15.0 Å². The fraction of sp³-hybridized carbons (Fsp3) is 0.0682. The molecule has 0 saturated carbocycles. The molecule has 12 nitrogen and oxygen atoms in total. The number of aromatic nitrogens is 12. The van der Waals surface area contributed by atoms with Gasteiger partial charge in [0.1, 0.15) is 0 Å². The lowest BCUT2D eigenvalue weighted by atomic mass is 9.81. The minimum atomic E-state index is -0.572. The molecule has 0 amide bonds. The largest absolute Gasteiger partial charge is 0.278 e. The zero-order valence-corrected chi connectivity index (χ0v) is 79.1. The van der Waals surface area contributed by atoms with Gasteiger partial charge in [0.05, 0.1) is 45.4 Å². The predicted octanol–water partition coefficient (Wildman–Crippen LogP) is 32.9. The maximum absolute atomic E-state index is 8.81. The Hall–Kier alpha value is -18.4. The number of hydrogen-bond donors (Lipinski definition) is 0. The number of hydrogen-bond acceptors (Lipinski definition) is 9. The van der Waals surface area contributed by atoms with Gasteiger partial charge >= 0.3 is 0 Å². The highest BCUT2D eigenvalue weighted by Gasteiger charge is 2.41. The van der Waals surface area contributed by atoms with Crippen LogP contribution in [0.2, 0.25) is 0 Å². The summed E-state index contributed by atoms with van der Waals surface area (Å²) in [5, 5.41) is 28.9. The van der Waals surface area contributed by atoms with E-state index in [9.17, 15) is 0 Å². The first-order valence-corrected chi connectivity index (χ1v) is 48.8. The van der Waals surface area contributed by atoms with Gasteiger partial charge in [0.15, 0.2) is 34.9 Å². The summed E-state index contributed by atoms with van der Waals surface area (Å²) in [6.45, 7) is 13.9. The molecule has 0 atom stereocenters.